The topological polar surface area (TPSA) is 79.0 Å². The molecule has 1 aliphatic heterocycles. The van der Waals surface area contributed by atoms with E-state index in [4.69, 9.17) is 4.74 Å². The van der Waals surface area contributed by atoms with Gasteiger partial charge in [-0.25, -0.2) is 9.18 Å². The fraction of sp³-hybridized carbons (Fsp3) is 0.611. The predicted octanol–water partition coefficient (Wildman–Crippen LogP) is 2.90. The summed E-state index contributed by atoms with van der Waals surface area (Å²) in [6.45, 7) is 5.60. The van der Waals surface area contributed by atoms with Crippen molar-refractivity contribution in [3.8, 4) is 0 Å². The summed E-state index contributed by atoms with van der Waals surface area (Å²) in [6.07, 6.45) is 0.0250. The molecule has 158 valence electrons. The first kappa shape index (κ1) is 23.1. The number of benzene rings is 1. The highest BCUT2D eigenvalue weighted by Gasteiger charge is 2.41. The van der Waals surface area contributed by atoms with Gasteiger partial charge in [-0.3, -0.25) is 0 Å². The van der Waals surface area contributed by atoms with Crippen LogP contribution in [0.25, 0.3) is 0 Å². The van der Waals surface area contributed by atoms with E-state index in [-0.39, 0.29) is 6.42 Å². The first-order chi connectivity index (χ1) is 12.8. The summed E-state index contributed by atoms with van der Waals surface area (Å²) in [4.78, 5) is 14.2. The number of amides is 1. The Morgan fingerprint density at radius 1 is 1.39 bits per heavy atom. The third kappa shape index (κ3) is 5.65. The smallest absolute Gasteiger partial charge is 0.410 e. The maximum absolute atomic E-state index is 14.5. The van der Waals surface area contributed by atoms with Crippen molar-refractivity contribution in [1.82, 2.24) is 13.9 Å². The van der Waals surface area contributed by atoms with E-state index in [2.05, 4.69) is 20.7 Å². The molecular formula is C18H27BrFN3O4S. The van der Waals surface area contributed by atoms with Gasteiger partial charge in [-0.2, -0.15) is 17.4 Å². The molecule has 0 aliphatic carbocycles. The molecule has 1 heterocycles. The van der Waals surface area contributed by atoms with Crippen LogP contribution in [0, 0.1) is 5.82 Å². The number of nitrogens with one attached hydrogen (secondary N) is 1. The van der Waals surface area contributed by atoms with Crippen LogP contribution in [0.2, 0.25) is 0 Å². The third-order valence-electron chi connectivity index (χ3n) is 4.42. The van der Waals surface area contributed by atoms with Crippen LogP contribution < -0.4 is 4.72 Å². The number of carbonyl (C=O) groups is 1. The molecule has 1 aromatic rings. The zero-order chi connectivity index (χ0) is 21.3. The van der Waals surface area contributed by atoms with Gasteiger partial charge >= 0.3 is 6.09 Å². The molecule has 0 radical (unpaired) electrons. The van der Waals surface area contributed by atoms with Crippen molar-refractivity contribution in [2.45, 2.75) is 51.3 Å². The van der Waals surface area contributed by atoms with E-state index < -0.39 is 39.8 Å². The van der Waals surface area contributed by atoms with Gasteiger partial charge in [-0.15, -0.1) is 0 Å². The molecule has 1 amide bonds. The lowest BCUT2D eigenvalue weighted by Gasteiger charge is -2.31. The minimum Gasteiger partial charge on any atom is -0.444 e. The lowest BCUT2D eigenvalue weighted by atomic mass is 10.0. The molecule has 0 bridgehead atoms. The minimum atomic E-state index is -3.71. The van der Waals surface area contributed by atoms with Crippen LogP contribution in [0.5, 0.6) is 0 Å². The predicted molar refractivity (Wildman–Crippen MR) is 109 cm³/mol. The lowest BCUT2D eigenvalue weighted by molar-refractivity contribution is 0.0217. The molecule has 1 aromatic carbocycles. The summed E-state index contributed by atoms with van der Waals surface area (Å²) in [6, 6.07) is 3.79. The van der Waals surface area contributed by atoms with Crippen molar-refractivity contribution in [2.24, 2.45) is 0 Å². The summed E-state index contributed by atoms with van der Waals surface area (Å²) >= 11 is 3.16. The SMILES string of the molecule is CN(C)S(=O)(=O)N[C@H]1CCN(C(=O)OC(C)(C)C)[C@H]1Cc1cccc(Br)c1F. The largest absolute Gasteiger partial charge is 0.444 e. The molecule has 2 atom stereocenters. The highest BCUT2D eigenvalue weighted by molar-refractivity contribution is 9.10. The summed E-state index contributed by atoms with van der Waals surface area (Å²) in [7, 11) is -0.863. The van der Waals surface area contributed by atoms with E-state index in [0.29, 0.717) is 23.0 Å². The molecular weight excluding hydrogens is 453 g/mol. The van der Waals surface area contributed by atoms with Gasteiger partial charge in [0.25, 0.3) is 10.2 Å². The molecule has 1 N–H and O–H groups in total. The zero-order valence-corrected chi connectivity index (χ0v) is 19.1. The zero-order valence-electron chi connectivity index (χ0n) is 16.7. The second kappa shape index (κ2) is 8.64. The fourth-order valence-corrected chi connectivity index (χ4v) is 4.29. The van der Waals surface area contributed by atoms with Gasteiger partial charge in [0.1, 0.15) is 11.4 Å². The fourth-order valence-electron chi connectivity index (χ4n) is 3.02. The summed E-state index contributed by atoms with van der Waals surface area (Å²) < 4.78 is 48.6. The average molecular weight is 480 g/mol. The maximum atomic E-state index is 14.5. The van der Waals surface area contributed by atoms with E-state index in [0.717, 1.165) is 4.31 Å². The summed E-state index contributed by atoms with van der Waals surface area (Å²) in [5, 5.41) is 0. The number of rotatable bonds is 5. The van der Waals surface area contributed by atoms with Gasteiger partial charge < -0.3 is 9.64 Å². The molecule has 0 aromatic heterocycles. The Labute approximate surface area is 174 Å². The highest BCUT2D eigenvalue weighted by Crippen LogP contribution is 2.28. The van der Waals surface area contributed by atoms with Gasteiger partial charge in [0.2, 0.25) is 0 Å². The van der Waals surface area contributed by atoms with E-state index in [9.17, 15) is 17.6 Å². The number of ether oxygens (including phenoxy) is 1. The molecule has 1 aliphatic rings. The number of likely N-dealkylation sites (tertiary alicyclic amines) is 1. The number of carbonyl (C=O) groups excluding carboxylic acids is 1. The highest BCUT2D eigenvalue weighted by atomic mass is 79.9. The standard InChI is InChI=1S/C18H27BrFN3O4S/c1-18(2,3)27-17(24)23-10-9-14(21-28(25,26)22(4)5)15(23)11-12-7-6-8-13(19)16(12)20/h6-8,14-15,21H,9-11H2,1-5H3/t14-,15-/m0/s1. The van der Waals surface area contributed by atoms with Crippen LogP contribution in [-0.2, 0) is 21.4 Å². The Balaban J connectivity index is 2.33. The van der Waals surface area contributed by atoms with Crippen LogP contribution in [-0.4, -0.2) is 62.0 Å². The molecule has 2 rings (SSSR count). The summed E-state index contributed by atoms with van der Waals surface area (Å²) in [5.74, 6) is -0.423. The molecule has 28 heavy (non-hydrogen) atoms. The van der Waals surface area contributed by atoms with Crippen molar-refractivity contribution >= 4 is 32.2 Å². The molecule has 1 saturated heterocycles. The second-order valence-corrected chi connectivity index (χ2v) is 10.7. The van der Waals surface area contributed by atoms with Crippen molar-refractivity contribution in [3.05, 3.63) is 34.1 Å². The molecule has 0 spiro atoms. The normalized spacial score (nSPS) is 20.6. The summed E-state index contributed by atoms with van der Waals surface area (Å²) in [5.41, 5.74) is -0.298. The quantitative estimate of drug-likeness (QED) is 0.703. The van der Waals surface area contributed by atoms with E-state index >= 15 is 0 Å². The number of halogens is 2. The Morgan fingerprint density at radius 3 is 2.61 bits per heavy atom. The average Bonchev–Trinajstić information content (AvgIpc) is 2.92. The van der Waals surface area contributed by atoms with Gasteiger partial charge in [-0.1, -0.05) is 12.1 Å². The Bertz CT molecular complexity index is 827. The second-order valence-electron chi connectivity index (χ2n) is 7.96. The lowest BCUT2D eigenvalue weighted by Crippen LogP contribution is -2.51. The molecule has 0 saturated carbocycles. The van der Waals surface area contributed by atoms with Crippen molar-refractivity contribution < 1.29 is 22.3 Å². The third-order valence-corrected chi connectivity index (χ3v) is 6.59. The van der Waals surface area contributed by atoms with Crippen LogP contribution in [0.4, 0.5) is 9.18 Å². The molecule has 7 nitrogen and oxygen atoms in total. The van der Waals surface area contributed by atoms with Crippen LogP contribution in [0.15, 0.2) is 22.7 Å². The Morgan fingerprint density at radius 2 is 2.04 bits per heavy atom. The monoisotopic (exact) mass is 479 g/mol. The van der Waals surface area contributed by atoms with Crippen molar-refractivity contribution in [3.63, 3.8) is 0 Å². The van der Waals surface area contributed by atoms with E-state index in [1.54, 1.807) is 39.0 Å². The minimum absolute atomic E-state index is 0.158. The number of hydrogen-bond acceptors (Lipinski definition) is 4. The number of nitrogens with zero attached hydrogens (tertiary/aromatic N) is 2. The van der Waals surface area contributed by atoms with Gasteiger partial charge in [-0.05, 0) is 61.2 Å². The van der Waals surface area contributed by atoms with Gasteiger partial charge in [0.05, 0.1) is 10.5 Å². The maximum Gasteiger partial charge on any atom is 0.410 e. The Kier molecular flexibility index (Phi) is 7.12. The number of hydrogen-bond donors (Lipinski definition) is 1. The van der Waals surface area contributed by atoms with Gasteiger partial charge in [0.15, 0.2) is 0 Å². The molecule has 1 fully saturated rings. The molecule has 0 unspecified atom stereocenters. The first-order valence-corrected chi connectivity index (χ1v) is 11.2. The van der Waals surface area contributed by atoms with Crippen LogP contribution >= 0.6 is 15.9 Å². The van der Waals surface area contributed by atoms with Crippen LogP contribution in [0.1, 0.15) is 32.8 Å². The van der Waals surface area contributed by atoms with E-state index in [1.165, 1.54) is 19.0 Å². The van der Waals surface area contributed by atoms with E-state index in [1.807, 2.05) is 0 Å². The first-order valence-electron chi connectivity index (χ1n) is 8.94. The van der Waals surface area contributed by atoms with Crippen LogP contribution in [0.3, 0.4) is 0 Å². The Hall–Kier alpha value is -1.23. The van der Waals surface area contributed by atoms with Gasteiger partial charge in [0, 0.05) is 26.7 Å². The molecule has 10 heteroatoms. The van der Waals surface area contributed by atoms with Crippen molar-refractivity contribution in [2.75, 3.05) is 20.6 Å². The van der Waals surface area contributed by atoms with Crippen molar-refractivity contribution in [1.29, 1.82) is 0 Å².